The van der Waals surface area contributed by atoms with E-state index >= 15 is 0 Å². The van der Waals surface area contributed by atoms with E-state index < -0.39 is 0 Å². The summed E-state index contributed by atoms with van der Waals surface area (Å²) >= 11 is 0. The maximum absolute atomic E-state index is 13.0. The average molecular weight is 373 g/mol. The van der Waals surface area contributed by atoms with Gasteiger partial charge < -0.3 is 15.4 Å². The van der Waals surface area contributed by atoms with Crippen molar-refractivity contribution in [1.82, 2.24) is 9.88 Å². The fourth-order valence-electron chi connectivity index (χ4n) is 4.25. The summed E-state index contributed by atoms with van der Waals surface area (Å²) in [6.07, 6.45) is 4.80. The lowest BCUT2D eigenvalue weighted by Gasteiger charge is -2.47. The van der Waals surface area contributed by atoms with Crippen molar-refractivity contribution in [2.75, 3.05) is 25.4 Å². The number of nitrogens with two attached hydrogens (primary N) is 1. The van der Waals surface area contributed by atoms with E-state index in [9.17, 15) is 4.79 Å². The number of rotatable bonds is 2. The SMILES string of the molecule is Nc1cc2cc(-c3cccc(C(=O)N4CCC5(CCO5)CC4)c3)ccc2cn1. The number of fused-ring (bicyclic) bond motifs is 1. The van der Waals surface area contributed by atoms with E-state index in [4.69, 9.17) is 10.5 Å². The Morgan fingerprint density at radius 3 is 2.54 bits per heavy atom. The number of benzene rings is 2. The highest BCUT2D eigenvalue weighted by Gasteiger charge is 2.42. The average Bonchev–Trinajstić information content (AvgIpc) is 2.71. The summed E-state index contributed by atoms with van der Waals surface area (Å²) in [5.41, 5.74) is 8.70. The lowest BCUT2D eigenvalue weighted by molar-refractivity contribution is -0.169. The minimum Gasteiger partial charge on any atom is -0.384 e. The number of carbonyl (C=O) groups is 1. The minimum atomic E-state index is 0.0560. The van der Waals surface area contributed by atoms with Crippen molar-refractivity contribution in [3.8, 4) is 11.1 Å². The molecular weight excluding hydrogens is 350 g/mol. The molecule has 28 heavy (non-hydrogen) atoms. The number of nitrogen functional groups attached to an aromatic ring is 1. The molecule has 1 spiro atoms. The van der Waals surface area contributed by atoms with E-state index in [0.717, 1.165) is 66.4 Å². The highest BCUT2D eigenvalue weighted by molar-refractivity contribution is 5.96. The first kappa shape index (κ1) is 17.2. The first-order valence-electron chi connectivity index (χ1n) is 9.81. The Balaban J connectivity index is 1.39. The van der Waals surface area contributed by atoms with E-state index in [2.05, 4.69) is 17.1 Å². The maximum atomic E-state index is 13.0. The zero-order valence-electron chi connectivity index (χ0n) is 15.7. The van der Waals surface area contributed by atoms with Crippen molar-refractivity contribution in [1.29, 1.82) is 0 Å². The van der Waals surface area contributed by atoms with Crippen LogP contribution < -0.4 is 5.73 Å². The van der Waals surface area contributed by atoms with Crippen LogP contribution in [0.1, 0.15) is 29.6 Å². The Morgan fingerprint density at radius 1 is 1.00 bits per heavy atom. The summed E-state index contributed by atoms with van der Waals surface area (Å²) in [7, 11) is 0. The van der Waals surface area contributed by atoms with Crippen LogP contribution in [-0.4, -0.2) is 41.1 Å². The predicted octanol–water partition coefficient (Wildman–Crippen LogP) is 3.88. The molecule has 0 radical (unpaired) electrons. The maximum Gasteiger partial charge on any atom is 0.253 e. The summed E-state index contributed by atoms with van der Waals surface area (Å²) in [6.45, 7) is 2.40. The Morgan fingerprint density at radius 2 is 1.79 bits per heavy atom. The summed E-state index contributed by atoms with van der Waals surface area (Å²) in [5.74, 6) is 0.608. The second-order valence-corrected chi connectivity index (χ2v) is 7.83. The number of hydrogen-bond acceptors (Lipinski definition) is 4. The van der Waals surface area contributed by atoms with Crippen molar-refractivity contribution in [3.63, 3.8) is 0 Å². The normalized spacial score (nSPS) is 18.2. The quantitative estimate of drug-likeness (QED) is 0.740. The van der Waals surface area contributed by atoms with Crippen LogP contribution in [0, 0.1) is 0 Å². The number of ether oxygens (including phenoxy) is 1. The molecule has 0 saturated carbocycles. The van der Waals surface area contributed by atoms with Crippen molar-refractivity contribution >= 4 is 22.5 Å². The van der Waals surface area contributed by atoms with Crippen LogP contribution in [0.4, 0.5) is 5.82 Å². The third kappa shape index (κ3) is 3.02. The van der Waals surface area contributed by atoms with Gasteiger partial charge in [0.15, 0.2) is 0 Å². The Bertz CT molecular complexity index is 1050. The highest BCUT2D eigenvalue weighted by Crippen LogP contribution is 2.37. The van der Waals surface area contributed by atoms with E-state index in [1.807, 2.05) is 41.3 Å². The summed E-state index contributed by atoms with van der Waals surface area (Å²) in [5, 5.41) is 2.09. The van der Waals surface area contributed by atoms with Crippen LogP contribution in [0.3, 0.4) is 0 Å². The Kier molecular flexibility index (Phi) is 4.05. The largest absolute Gasteiger partial charge is 0.384 e. The van der Waals surface area contributed by atoms with E-state index in [0.29, 0.717) is 5.82 Å². The van der Waals surface area contributed by atoms with E-state index in [1.54, 1.807) is 6.20 Å². The van der Waals surface area contributed by atoms with Gasteiger partial charge in [0.2, 0.25) is 0 Å². The molecule has 2 N–H and O–H groups in total. The van der Waals surface area contributed by atoms with Gasteiger partial charge in [0, 0.05) is 30.2 Å². The molecule has 0 aliphatic carbocycles. The molecular formula is C23H23N3O2. The number of hydrogen-bond donors (Lipinski definition) is 1. The minimum absolute atomic E-state index is 0.0560. The molecule has 5 heteroatoms. The van der Waals surface area contributed by atoms with Gasteiger partial charge in [-0.05, 0) is 60.0 Å². The lowest BCUT2D eigenvalue weighted by Crippen LogP contribution is -2.53. The van der Waals surface area contributed by atoms with Crippen LogP contribution >= 0.6 is 0 Å². The van der Waals surface area contributed by atoms with Gasteiger partial charge in [-0.3, -0.25) is 4.79 Å². The fraction of sp³-hybridized carbons (Fsp3) is 0.304. The van der Waals surface area contributed by atoms with Crippen LogP contribution in [0.5, 0.6) is 0 Å². The summed E-state index contributed by atoms with van der Waals surface area (Å²) in [6, 6.07) is 15.9. The molecule has 5 nitrogen and oxygen atoms in total. The molecule has 1 aromatic heterocycles. The van der Waals surface area contributed by atoms with Crippen LogP contribution in [-0.2, 0) is 4.74 Å². The Labute approximate surface area is 164 Å². The van der Waals surface area contributed by atoms with Crippen molar-refractivity contribution < 1.29 is 9.53 Å². The number of pyridine rings is 1. The van der Waals surface area contributed by atoms with Crippen LogP contribution in [0.25, 0.3) is 21.9 Å². The van der Waals surface area contributed by atoms with Gasteiger partial charge in [0.05, 0.1) is 12.2 Å². The molecule has 2 aliphatic heterocycles. The zero-order valence-corrected chi connectivity index (χ0v) is 15.7. The van der Waals surface area contributed by atoms with E-state index in [1.165, 1.54) is 0 Å². The number of anilines is 1. The molecule has 1 amide bonds. The molecule has 0 unspecified atom stereocenters. The molecule has 0 atom stereocenters. The molecule has 142 valence electrons. The van der Waals surface area contributed by atoms with Crippen molar-refractivity contribution in [2.24, 2.45) is 0 Å². The van der Waals surface area contributed by atoms with Gasteiger partial charge in [-0.25, -0.2) is 4.98 Å². The smallest absolute Gasteiger partial charge is 0.253 e. The summed E-state index contributed by atoms with van der Waals surface area (Å²) in [4.78, 5) is 19.1. The molecule has 3 heterocycles. The first-order chi connectivity index (χ1) is 13.6. The van der Waals surface area contributed by atoms with Gasteiger partial charge in [0.25, 0.3) is 5.91 Å². The molecule has 3 aromatic rings. The van der Waals surface area contributed by atoms with Crippen molar-refractivity contribution in [2.45, 2.75) is 24.9 Å². The molecule has 2 fully saturated rings. The zero-order chi connectivity index (χ0) is 19.1. The number of amides is 1. The van der Waals surface area contributed by atoms with Gasteiger partial charge in [-0.1, -0.05) is 24.3 Å². The van der Waals surface area contributed by atoms with Crippen LogP contribution in [0.2, 0.25) is 0 Å². The molecule has 2 aliphatic rings. The number of likely N-dealkylation sites (tertiary alicyclic amines) is 1. The van der Waals surface area contributed by atoms with E-state index in [-0.39, 0.29) is 11.5 Å². The first-order valence-corrected chi connectivity index (χ1v) is 9.81. The second-order valence-electron chi connectivity index (χ2n) is 7.83. The highest BCUT2D eigenvalue weighted by atomic mass is 16.5. The molecule has 0 bridgehead atoms. The third-order valence-corrected chi connectivity index (χ3v) is 6.11. The standard InChI is InChI=1S/C23H23N3O2/c24-21-14-20-13-17(4-5-19(20)15-25-21)16-2-1-3-18(12-16)22(27)26-9-6-23(7-10-26)8-11-28-23/h1-5,12-15H,6-11H2,(H2,24,25). The van der Waals surface area contributed by atoms with Crippen LogP contribution in [0.15, 0.2) is 54.7 Å². The van der Waals surface area contributed by atoms with Gasteiger partial charge in [-0.2, -0.15) is 0 Å². The van der Waals surface area contributed by atoms with Crippen molar-refractivity contribution in [3.05, 3.63) is 60.3 Å². The predicted molar refractivity (Wildman–Crippen MR) is 110 cm³/mol. The number of piperidine rings is 1. The molecule has 2 aromatic carbocycles. The lowest BCUT2D eigenvalue weighted by atomic mass is 9.84. The van der Waals surface area contributed by atoms with Gasteiger partial charge in [0.1, 0.15) is 5.82 Å². The molecule has 2 saturated heterocycles. The summed E-state index contributed by atoms with van der Waals surface area (Å²) < 4.78 is 5.76. The fourth-order valence-corrected chi connectivity index (χ4v) is 4.25. The monoisotopic (exact) mass is 373 g/mol. The topological polar surface area (TPSA) is 68.5 Å². The third-order valence-electron chi connectivity index (χ3n) is 6.11. The van der Waals surface area contributed by atoms with Gasteiger partial charge >= 0.3 is 0 Å². The molecule has 5 rings (SSSR count). The number of nitrogens with zero attached hydrogens (tertiary/aromatic N) is 2. The van der Waals surface area contributed by atoms with Gasteiger partial charge in [-0.15, -0.1) is 0 Å². The number of carbonyl (C=O) groups excluding carboxylic acids is 1. The second kappa shape index (κ2) is 6.60. The Hall–Kier alpha value is -2.92. The number of aromatic nitrogens is 1.